The first-order valence-electron chi connectivity index (χ1n) is 7.35. The zero-order valence-electron chi connectivity index (χ0n) is 13.7. The Balaban J connectivity index is 1.98. The van der Waals surface area contributed by atoms with Gasteiger partial charge in [0.1, 0.15) is 0 Å². The van der Waals surface area contributed by atoms with Gasteiger partial charge >= 0.3 is 6.18 Å². The second kappa shape index (κ2) is 7.35. The van der Waals surface area contributed by atoms with Gasteiger partial charge in [-0.25, -0.2) is 15.0 Å². The first-order valence-corrected chi connectivity index (χ1v) is 9.25. The molecule has 0 saturated carbocycles. The van der Waals surface area contributed by atoms with E-state index in [-0.39, 0.29) is 21.7 Å². The molecule has 136 valence electrons. The molecule has 3 rings (SSSR count). The Morgan fingerprint density at radius 2 is 1.77 bits per heavy atom. The summed E-state index contributed by atoms with van der Waals surface area (Å²) in [5.74, 6) is 0.219. The van der Waals surface area contributed by atoms with Crippen molar-refractivity contribution in [2.45, 2.75) is 6.18 Å². The predicted molar refractivity (Wildman–Crippen MR) is 105 cm³/mol. The van der Waals surface area contributed by atoms with Gasteiger partial charge in [0.15, 0.2) is 10.8 Å². The first kappa shape index (κ1) is 18.8. The lowest BCUT2D eigenvalue weighted by Gasteiger charge is -2.08. The molecule has 0 aliphatic rings. The average molecular weight is 491 g/mol. The van der Waals surface area contributed by atoms with Crippen LogP contribution in [-0.2, 0) is 6.18 Å². The molecule has 0 aliphatic heterocycles. The number of hydrogen-bond donors (Lipinski definition) is 1. The summed E-state index contributed by atoms with van der Waals surface area (Å²) >= 11 is 3.12. The number of rotatable bonds is 4. The largest absolute Gasteiger partial charge is 0.434 e. The van der Waals surface area contributed by atoms with Gasteiger partial charge in [0.25, 0.3) is 0 Å². The molecule has 0 fully saturated rings. The van der Waals surface area contributed by atoms with E-state index in [1.807, 2.05) is 24.3 Å². The number of thiazole rings is 1. The van der Waals surface area contributed by atoms with Gasteiger partial charge in [0, 0.05) is 29.5 Å². The van der Waals surface area contributed by atoms with Crippen LogP contribution in [0.3, 0.4) is 0 Å². The van der Waals surface area contributed by atoms with E-state index in [0.29, 0.717) is 0 Å². The smallest absolute Gasteiger partial charge is 0.354 e. The van der Waals surface area contributed by atoms with Crippen LogP contribution in [-0.4, -0.2) is 29.0 Å². The molecule has 1 N–H and O–H groups in total. The van der Waals surface area contributed by atoms with E-state index in [2.05, 4.69) is 42.9 Å². The minimum Gasteiger partial charge on any atom is -0.354 e. The predicted octanol–water partition coefficient (Wildman–Crippen LogP) is 5.03. The van der Waals surface area contributed by atoms with E-state index in [1.54, 1.807) is 14.1 Å². The van der Waals surface area contributed by atoms with Crippen molar-refractivity contribution in [3.63, 3.8) is 0 Å². The standard InChI is InChI=1S/C16H13F3IN5S/c1-25(2)15-24-13(16(17,18)19)12(26-15)11-7-8-21-14(23-11)22-10-5-3-9(20)4-6-10/h3-8H,1-2H3,(H,21,22,23). The minimum absolute atomic E-state index is 0.0331. The monoisotopic (exact) mass is 491 g/mol. The molecule has 1 aromatic carbocycles. The fourth-order valence-electron chi connectivity index (χ4n) is 2.07. The fraction of sp³-hybridized carbons (Fsp3) is 0.188. The molecule has 0 amide bonds. The highest BCUT2D eigenvalue weighted by atomic mass is 127. The summed E-state index contributed by atoms with van der Waals surface area (Å²) in [6.45, 7) is 0. The summed E-state index contributed by atoms with van der Waals surface area (Å²) in [6, 6.07) is 8.94. The Kier molecular flexibility index (Phi) is 5.32. The Bertz CT molecular complexity index is 909. The summed E-state index contributed by atoms with van der Waals surface area (Å²) in [4.78, 5) is 13.5. The van der Waals surface area contributed by atoms with E-state index in [1.165, 1.54) is 17.2 Å². The number of alkyl halides is 3. The van der Waals surface area contributed by atoms with Gasteiger partial charge in [-0.3, -0.25) is 0 Å². The Labute approximate surface area is 165 Å². The summed E-state index contributed by atoms with van der Waals surface area (Å²) in [7, 11) is 3.29. The number of aromatic nitrogens is 3. The number of halogens is 4. The molecule has 0 spiro atoms. The maximum Gasteiger partial charge on any atom is 0.434 e. The number of nitrogens with zero attached hydrogens (tertiary/aromatic N) is 4. The third kappa shape index (κ3) is 4.23. The lowest BCUT2D eigenvalue weighted by molar-refractivity contribution is -0.140. The molecule has 2 aromatic heterocycles. The molecule has 3 aromatic rings. The van der Waals surface area contributed by atoms with Crippen LogP contribution in [0.15, 0.2) is 36.5 Å². The van der Waals surface area contributed by atoms with Crippen LogP contribution in [0.1, 0.15) is 5.69 Å². The van der Waals surface area contributed by atoms with Crippen molar-refractivity contribution < 1.29 is 13.2 Å². The van der Waals surface area contributed by atoms with E-state index in [4.69, 9.17) is 0 Å². The van der Waals surface area contributed by atoms with Crippen molar-refractivity contribution in [1.82, 2.24) is 15.0 Å². The summed E-state index contributed by atoms with van der Waals surface area (Å²) in [6.07, 6.45) is -3.14. The second-order valence-corrected chi connectivity index (χ2v) is 7.69. The molecule has 0 radical (unpaired) electrons. The molecule has 0 bridgehead atoms. The van der Waals surface area contributed by atoms with Gasteiger partial charge in [-0.15, -0.1) is 0 Å². The van der Waals surface area contributed by atoms with Gasteiger partial charge in [-0.1, -0.05) is 11.3 Å². The third-order valence-electron chi connectivity index (χ3n) is 3.26. The van der Waals surface area contributed by atoms with Crippen LogP contribution in [0.5, 0.6) is 0 Å². The highest BCUT2D eigenvalue weighted by molar-refractivity contribution is 14.1. The first-order chi connectivity index (χ1) is 12.2. The molecule has 0 saturated heterocycles. The zero-order valence-corrected chi connectivity index (χ0v) is 16.6. The van der Waals surface area contributed by atoms with Gasteiger partial charge in [0.2, 0.25) is 5.95 Å². The van der Waals surface area contributed by atoms with Gasteiger partial charge < -0.3 is 10.2 Å². The van der Waals surface area contributed by atoms with Crippen molar-refractivity contribution in [1.29, 1.82) is 0 Å². The van der Waals surface area contributed by atoms with Crippen LogP contribution in [0, 0.1) is 3.57 Å². The van der Waals surface area contributed by atoms with Crippen molar-refractivity contribution in [3.8, 4) is 10.6 Å². The van der Waals surface area contributed by atoms with E-state index in [0.717, 1.165) is 20.6 Å². The molecule has 2 heterocycles. The third-order valence-corrected chi connectivity index (χ3v) is 5.22. The Morgan fingerprint density at radius 3 is 2.38 bits per heavy atom. The van der Waals surface area contributed by atoms with Crippen molar-refractivity contribution >= 4 is 50.7 Å². The zero-order chi connectivity index (χ0) is 18.9. The minimum atomic E-state index is -4.56. The SMILES string of the molecule is CN(C)c1nc(C(F)(F)F)c(-c2ccnc(Nc3ccc(I)cc3)n2)s1. The summed E-state index contributed by atoms with van der Waals surface area (Å²) in [5.41, 5.74) is -0.0204. The highest BCUT2D eigenvalue weighted by Crippen LogP contribution is 2.42. The van der Waals surface area contributed by atoms with E-state index in [9.17, 15) is 13.2 Å². The maximum absolute atomic E-state index is 13.4. The van der Waals surface area contributed by atoms with E-state index < -0.39 is 11.9 Å². The number of benzene rings is 1. The summed E-state index contributed by atoms with van der Waals surface area (Å²) in [5, 5.41) is 3.26. The highest BCUT2D eigenvalue weighted by Gasteiger charge is 2.38. The van der Waals surface area contributed by atoms with E-state index >= 15 is 0 Å². The van der Waals surface area contributed by atoms with Crippen molar-refractivity contribution in [3.05, 3.63) is 45.8 Å². The normalized spacial score (nSPS) is 11.5. The van der Waals surface area contributed by atoms with Crippen LogP contribution in [0.4, 0.5) is 29.9 Å². The second-order valence-electron chi connectivity index (χ2n) is 5.46. The van der Waals surface area contributed by atoms with Crippen LogP contribution in [0.2, 0.25) is 0 Å². The van der Waals surface area contributed by atoms with Crippen molar-refractivity contribution in [2.75, 3.05) is 24.3 Å². The quantitative estimate of drug-likeness (QED) is 0.519. The van der Waals surface area contributed by atoms with Gasteiger partial charge in [-0.2, -0.15) is 13.2 Å². The number of nitrogens with one attached hydrogen (secondary N) is 1. The topological polar surface area (TPSA) is 53.9 Å². The van der Waals surface area contributed by atoms with Gasteiger partial charge in [-0.05, 0) is 52.9 Å². The van der Waals surface area contributed by atoms with Crippen LogP contribution < -0.4 is 10.2 Å². The van der Waals surface area contributed by atoms with Crippen LogP contribution >= 0.6 is 33.9 Å². The summed E-state index contributed by atoms with van der Waals surface area (Å²) < 4.78 is 41.2. The molecular formula is C16H13F3IN5S. The molecule has 26 heavy (non-hydrogen) atoms. The molecule has 10 heteroatoms. The van der Waals surface area contributed by atoms with Crippen LogP contribution in [0.25, 0.3) is 10.6 Å². The molecule has 0 aliphatic carbocycles. The Morgan fingerprint density at radius 1 is 1.08 bits per heavy atom. The fourth-order valence-corrected chi connectivity index (χ4v) is 3.41. The maximum atomic E-state index is 13.4. The molecule has 0 unspecified atom stereocenters. The Hall–Kier alpha value is -1.95. The lowest BCUT2D eigenvalue weighted by atomic mass is 10.2. The molecule has 0 atom stereocenters. The number of anilines is 3. The lowest BCUT2D eigenvalue weighted by Crippen LogP contribution is -2.11. The number of hydrogen-bond acceptors (Lipinski definition) is 6. The molecule has 5 nitrogen and oxygen atoms in total. The molecular weight excluding hydrogens is 478 g/mol. The average Bonchev–Trinajstić information content (AvgIpc) is 3.03. The van der Waals surface area contributed by atoms with Crippen molar-refractivity contribution in [2.24, 2.45) is 0 Å². The van der Waals surface area contributed by atoms with Gasteiger partial charge in [0.05, 0.1) is 10.6 Å².